The molecular weight excluding hydrogens is 332 g/mol. The Balaban J connectivity index is 1.60. The van der Waals surface area contributed by atoms with E-state index in [9.17, 15) is 4.79 Å². The molecule has 144 valence electrons. The molecule has 0 amide bonds. The van der Waals surface area contributed by atoms with Gasteiger partial charge >= 0.3 is 5.97 Å². The highest BCUT2D eigenvalue weighted by atomic mass is 16.5. The monoisotopic (exact) mass is 364 g/mol. The number of carbonyl (C=O) groups excluding carboxylic acids is 1. The Morgan fingerprint density at radius 3 is 2.30 bits per heavy atom. The molecule has 0 heterocycles. The van der Waals surface area contributed by atoms with Crippen molar-refractivity contribution in [2.75, 3.05) is 0 Å². The quantitative estimate of drug-likeness (QED) is 0.417. The molecule has 0 spiro atoms. The largest absolute Gasteiger partial charge is 0.423 e. The maximum absolute atomic E-state index is 12.4. The van der Waals surface area contributed by atoms with Crippen molar-refractivity contribution in [3.05, 3.63) is 65.2 Å². The predicted octanol–water partition coefficient (Wildman–Crippen LogP) is 6.79. The molecule has 3 rings (SSSR count). The fraction of sp³-hybridized carbons (Fsp3) is 0.480. The first kappa shape index (κ1) is 19.7. The van der Waals surface area contributed by atoms with Crippen molar-refractivity contribution < 1.29 is 9.53 Å². The summed E-state index contributed by atoms with van der Waals surface area (Å²) in [5, 5.41) is 0. The summed E-state index contributed by atoms with van der Waals surface area (Å²) in [6, 6.07) is 15.8. The molecule has 2 heteroatoms. The van der Waals surface area contributed by atoms with Gasteiger partial charge in [0.25, 0.3) is 0 Å². The van der Waals surface area contributed by atoms with Crippen molar-refractivity contribution in [1.29, 1.82) is 0 Å². The van der Waals surface area contributed by atoms with Gasteiger partial charge in [-0.3, -0.25) is 0 Å². The summed E-state index contributed by atoms with van der Waals surface area (Å²) in [6.07, 6.45) is 7.49. The van der Waals surface area contributed by atoms with Gasteiger partial charge in [0.05, 0.1) is 5.56 Å². The van der Waals surface area contributed by atoms with Crippen LogP contribution >= 0.6 is 0 Å². The van der Waals surface area contributed by atoms with Crippen LogP contribution in [-0.4, -0.2) is 5.97 Å². The summed E-state index contributed by atoms with van der Waals surface area (Å²) in [5.41, 5.74) is 3.22. The number of benzene rings is 2. The van der Waals surface area contributed by atoms with Crippen LogP contribution in [0.2, 0.25) is 0 Å². The van der Waals surface area contributed by atoms with Gasteiger partial charge in [-0.25, -0.2) is 4.79 Å². The normalized spacial score (nSPS) is 22.4. The molecule has 1 aliphatic rings. The third kappa shape index (κ3) is 5.00. The molecular formula is C25H32O2. The lowest BCUT2D eigenvalue weighted by Crippen LogP contribution is -2.21. The molecule has 3 unspecified atom stereocenters. The number of aryl methyl sites for hydroxylation is 1. The number of ether oxygens (including phenoxy) is 1. The van der Waals surface area contributed by atoms with Crippen molar-refractivity contribution >= 4 is 5.97 Å². The van der Waals surface area contributed by atoms with E-state index < -0.39 is 0 Å². The van der Waals surface area contributed by atoms with E-state index in [1.54, 1.807) is 0 Å². The smallest absolute Gasteiger partial charge is 0.343 e. The molecule has 27 heavy (non-hydrogen) atoms. The first-order chi connectivity index (χ1) is 13.1. The molecule has 0 saturated heterocycles. The zero-order valence-corrected chi connectivity index (χ0v) is 16.9. The lowest BCUT2D eigenvalue weighted by atomic mass is 9.71. The predicted molar refractivity (Wildman–Crippen MR) is 111 cm³/mol. The molecule has 2 nitrogen and oxygen atoms in total. The number of hydrogen-bond acceptors (Lipinski definition) is 2. The van der Waals surface area contributed by atoms with Gasteiger partial charge in [-0.2, -0.15) is 0 Å². The second-order valence-corrected chi connectivity index (χ2v) is 8.05. The fourth-order valence-electron chi connectivity index (χ4n) is 4.41. The molecule has 0 bridgehead atoms. The van der Waals surface area contributed by atoms with Gasteiger partial charge in [0, 0.05) is 0 Å². The zero-order chi connectivity index (χ0) is 19.2. The molecule has 2 aromatic carbocycles. The van der Waals surface area contributed by atoms with E-state index in [0.29, 0.717) is 17.2 Å². The summed E-state index contributed by atoms with van der Waals surface area (Å²) in [6.45, 7) is 6.80. The summed E-state index contributed by atoms with van der Waals surface area (Å²) >= 11 is 0. The highest BCUT2D eigenvalue weighted by Crippen LogP contribution is 2.41. The Bertz CT molecular complexity index is 730. The Morgan fingerprint density at radius 2 is 1.70 bits per heavy atom. The van der Waals surface area contributed by atoms with Gasteiger partial charge in [-0.15, -0.1) is 0 Å². The molecule has 1 aliphatic carbocycles. The van der Waals surface area contributed by atoms with E-state index in [4.69, 9.17) is 4.74 Å². The third-order valence-corrected chi connectivity index (χ3v) is 6.17. The highest BCUT2D eigenvalue weighted by Gasteiger charge is 2.27. The number of rotatable bonds is 6. The van der Waals surface area contributed by atoms with E-state index in [1.165, 1.54) is 43.2 Å². The molecule has 1 saturated carbocycles. The van der Waals surface area contributed by atoms with Gasteiger partial charge in [-0.1, -0.05) is 57.9 Å². The average molecular weight is 365 g/mol. The van der Waals surface area contributed by atoms with Gasteiger partial charge < -0.3 is 4.74 Å². The average Bonchev–Trinajstić information content (AvgIpc) is 2.70. The van der Waals surface area contributed by atoms with Crippen LogP contribution in [0.25, 0.3) is 0 Å². The summed E-state index contributed by atoms with van der Waals surface area (Å²) < 4.78 is 5.50. The van der Waals surface area contributed by atoms with Crippen LogP contribution in [0.4, 0.5) is 0 Å². The molecule has 3 atom stereocenters. The van der Waals surface area contributed by atoms with Gasteiger partial charge in [0.2, 0.25) is 0 Å². The van der Waals surface area contributed by atoms with Crippen LogP contribution in [0.3, 0.4) is 0 Å². The zero-order valence-electron chi connectivity index (χ0n) is 16.9. The van der Waals surface area contributed by atoms with Crippen LogP contribution in [0, 0.1) is 11.8 Å². The van der Waals surface area contributed by atoms with Crippen LogP contribution in [0.15, 0.2) is 48.5 Å². The van der Waals surface area contributed by atoms with Crippen LogP contribution in [0.1, 0.15) is 80.3 Å². The van der Waals surface area contributed by atoms with Crippen molar-refractivity contribution in [2.24, 2.45) is 11.8 Å². The van der Waals surface area contributed by atoms with E-state index in [1.807, 2.05) is 36.4 Å². The van der Waals surface area contributed by atoms with E-state index in [-0.39, 0.29) is 5.97 Å². The van der Waals surface area contributed by atoms with Crippen LogP contribution < -0.4 is 4.74 Å². The van der Waals surface area contributed by atoms with Crippen molar-refractivity contribution in [1.82, 2.24) is 0 Å². The first-order valence-electron chi connectivity index (χ1n) is 10.5. The van der Waals surface area contributed by atoms with Crippen LogP contribution in [-0.2, 0) is 6.42 Å². The Kier molecular flexibility index (Phi) is 6.71. The van der Waals surface area contributed by atoms with Gasteiger partial charge in [0.1, 0.15) is 5.75 Å². The maximum Gasteiger partial charge on any atom is 0.343 e. The first-order valence-corrected chi connectivity index (χ1v) is 10.5. The molecule has 0 N–H and O–H groups in total. The summed E-state index contributed by atoms with van der Waals surface area (Å²) in [7, 11) is 0. The van der Waals surface area contributed by atoms with E-state index in [2.05, 4.69) is 32.9 Å². The van der Waals surface area contributed by atoms with E-state index >= 15 is 0 Å². The lowest BCUT2D eigenvalue weighted by Gasteiger charge is -2.34. The van der Waals surface area contributed by atoms with Crippen LogP contribution in [0.5, 0.6) is 5.75 Å². The second kappa shape index (κ2) is 9.21. The number of esters is 1. The van der Waals surface area contributed by atoms with Crippen molar-refractivity contribution in [3.63, 3.8) is 0 Å². The second-order valence-electron chi connectivity index (χ2n) is 8.05. The summed E-state index contributed by atoms with van der Waals surface area (Å²) in [5.74, 6) is 2.62. The lowest BCUT2D eigenvalue weighted by molar-refractivity contribution is 0.0734. The minimum absolute atomic E-state index is 0.286. The molecule has 0 radical (unpaired) electrons. The summed E-state index contributed by atoms with van der Waals surface area (Å²) in [4.78, 5) is 12.4. The highest BCUT2D eigenvalue weighted by molar-refractivity contribution is 5.91. The topological polar surface area (TPSA) is 26.3 Å². The Morgan fingerprint density at radius 1 is 1.00 bits per heavy atom. The number of carbonyl (C=O) groups is 1. The molecule has 0 aromatic heterocycles. The Hall–Kier alpha value is -2.09. The SMILES string of the molecule is CCCC1CCC(c2ccc(C(=O)Oc3ccc(CC)cc3)cc2)CC1C. The molecule has 0 aliphatic heterocycles. The molecule has 1 fully saturated rings. The third-order valence-electron chi connectivity index (χ3n) is 6.17. The van der Waals surface area contributed by atoms with Gasteiger partial charge in [-0.05, 0) is 78.8 Å². The molecule has 2 aromatic rings. The number of hydrogen-bond donors (Lipinski definition) is 0. The van der Waals surface area contributed by atoms with E-state index in [0.717, 1.165) is 18.3 Å². The maximum atomic E-state index is 12.4. The van der Waals surface area contributed by atoms with Crippen molar-refractivity contribution in [2.45, 2.75) is 65.2 Å². The minimum atomic E-state index is -0.286. The Labute approximate surface area is 164 Å². The standard InChI is InChI=1S/C25H32O2/c1-4-6-20-9-14-23(17-18(20)3)21-10-12-22(13-11-21)25(26)27-24-15-7-19(5-2)8-16-24/h7-8,10-13,15-16,18,20,23H,4-6,9,14,17H2,1-3H3. The fourth-order valence-corrected chi connectivity index (χ4v) is 4.41. The van der Waals surface area contributed by atoms with Crippen molar-refractivity contribution in [3.8, 4) is 5.75 Å². The van der Waals surface area contributed by atoms with Gasteiger partial charge in [0.15, 0.2) is 0 Å². The minimum Gasteiger partial charge on any atom is -0.423 e.